The Kier molecular flexibility index (Phi) is 3.29. The van der Waals surface area contributed by atoms with Gasteiger partial charge in [0.1, 0.15) is 0 Å². The molecule has 1 aliphatic carbocycles. The lowest BCUT2D eigenvalue weighted by atomic mass is 9.86. The molecule has 0 unspecified atom stereocenters. The fourth-order valence-electron chi connectivity index (χ4n) is 2.49. The first-order valence-corrected chi connectivity index (χ1v) is 6.14. The van der Waals surface area contributed by atoms with Crippen molar-refractivity contribution in [3.8, 4) is 0 Å². The molecular formula is C12H21N3. The van der Waals surface area contributed by atoms with E-state index in [0.717, 1.165) is 24.3 Å². The van der Waals surface area contributed by atoms with Gasteiger partial charge in [0, 0.05) is 18.7 Å². The Morgan fingerprint density at radius 2 is 2.13 bits per heavy atom. The number of aryl methyl sites for hydroxylation is 1. The Morgan fingerprint density at radius 3 is 2.80 bits per heavy atom. The molecule has 15 heavy (non-hydrogen) atoms. The lowest BCUT2D eigenvalue weighted by molar-refractivity contribution is 0.431. The predicted octanol–water partition coefficient (Wildman–Crippen LogP) is 2.92. The van der Waals surface area contributed by atoms with Crippen LogP contribution in [0.5, 0.6) is 0 Å². The number of aromatic nitrogens is 2. The van der Waals surface area contributed by atoms with Crippen molar-refractivity contribution in [2.24, 2.45) is 0 Å². The van der Waals surface area contributed by atoms with E-state index >= 15 is 0 Å². The number of nitrogen functional groups attached to an aromatic ring is 1. The Hall–Kier alpha value is -0.990. The van der Waals surface area contributed by atoms with Gasteiger partial charge in [0.2, 0.25) is 0 Å². The van der Waals surface area contributed by atoms with Crippen LogP contribution in [-0.2, 0) is 6.54 Å². The van der Waals surface area contributed by atoms with Crippen LogP contribution in [0.15, 0.2) is 6.20 Å². The zero-order valence-electron chi connectivity index (χ0n) is 9.58. The molecule has 1 heterocycles. The molecular weight excluding hydrogens is 186 g/mol. The zero-order valence-corrected chi connectivity index (χ0v) is 9.58. The zero-order chi connectivity index (χ0) is 10.7. The summed E-state index contributed by atoms with van der Waals surface area (Å²) < 4.78 is 2.00. The largest absolute Gasteiger partial charge is 0.396 e. The van der Waals surface area contributed by atoms with Crippen LogP contribution in [0.2, 0.25) is 0 Å². The molecule has 0 amide bonds. The molecule has 1 saturated carbocycles. The van der Waals surface area contributed by atoms with E-state index in [2.05, 4.69) is 12.0 Å². The van der Waals surface area contributed by atoms with Gasteiger partial charge in [-0.2, -0.15) is 5.10 Å². The lowest BCUT2D eigenvalue weighted by Crippen LogP contribution is -2.08. The maximum absolute atomic E-state index is 6.02. The molecule has 1 fully saturated rings. The highest BCUT2D eigenvalue weighted by atomic mass is 15.3. The van der Waals surface area contributed by atoms with E-state index in [0.29, 0.717) is 5.92 Å². The fourth-order valence-corrected chi connectivity index (χ4v) is 2.49. The van der Waals surface area contributed by atoms with Gasteiger partial charge >= 0.3 is 0 Å². The minimum Gasteiger partial charge on any atom is -0.396 e. The highest BCUT2D eigenvalue weighted by Crippen LogP contribution is 2.34. The standard InChI is InChI=1S/C12H21N3/c1-2-8-15-9-11(13)12(14-15)10-6-4-3-5-7-10/h9-10H,2-8,13H2,1H3. The van der Waals surface area contributed by atoms with Crippen LogP contribution >= 0.6 is 0 Å². The molecule has 0 aliphatic heterocycles. The quantitative estimate of drug-likeness (QED) is 0.828. The van der Waals surface area contributed by atoms with Gasteiger partial charge < -0.3 is 5.73 Å². The molecule has 0 radical (unpaired) electrons. The van der Waals surface area contributed by atoms with E-state index in [9.17, 15) is 0 Å². The van der Waals surface area contributed by atoms with Crippen LogP contribution in [0, 0.1) is 0 Å². The van der Waals surface area contributed by atoms with E-state index in [1.165, 1.54) is 32.1 Å². The number of nitrogens with zero attached hydrogens (tertiary/aromatic N) is 2. The smallest absolute Gasteiger partial charge is 0.0884 e. The summed E-state index contributed by atoms with van der Waals surface area (Å²) in [6.45, 7) is 3.15. The summed E-state index contributed by atoms with van der Waals surface area (Å²) in [6.07, 6.45) is 9.71. The second-order valence-corrected chi connectivity index (χ2v) is 4.57. The molecule has 0 spiro atoms. The van der Waals surface area contributed by atoms with Crippen molar-refractivity contribution in [1.82, 2.24) is 9.78 Å². The van der Waals surface area contributed by atoms with Crippen molar-refractivity contribution >= 4 is 5.69 Å². The molecule has 3 heteroatoms. The summed E-state index contributed by atoms with van der Waals surface area (Å²) in [4.78, 5) is 0. The maximum Gasteiger partial charge on any atom is 0.0884 e. The third-order valence-electron chi connectivity index (χ3n) is 3.26. The minimum absolute atomic E-state index is 0.622. The third-order valence-corrected chi connectivity index (χ3v) is 3.26. The summed E-state index contributed by atoms with van der Waals surface area (Å²) in [5.41, 5.74) is 8.07. The Balaban J connectivity index is 2.11. The number of hydrogen-bond donors (Lipinski definition) is 1. The third kappa shape index (κ3) is 2.33. The van der Waals surface area contributed by atoms with Gasteiger partial charge in [-0.1, -0.05) is 26.2 Å². The van der Waals surface area contributed by atoms with Crippen LogP contribution in [0.4, 0.5) is 5.69 Å². The highest BCUT2D eigenvalue weighted by Gasteiger charge is 2.20. The molecule has 0 bridgehead atoms. The van der Waals surface area contributed by atoms with Crippen molar-refractivity contribution < 1.29 is 0 Å². The molecule has 0 atom stereocenters. The molecule has 1 aromatic rings. The van der Waals surface area contributed by atoms with E-state index in [-0.39, 0.29) is 0 Å². The number of hydrogen-bond acceptors (Lipinski definition) is 2. The van der Waals surface area contributed by atoms with Crippen molar-refractivity contribution in [3.63, 3.8) is 0 Å². The molecule has 0 aromatic carbocycles. The van der Waals surface area contributed by atoms with Crippen molar-refractivity contribution in [1.29, 1.82) is 0 Å². The lowest BCUT2D eigenvalue weighted by Gasteiger charge is -2.20. The number of anilines is 1. The molecule has 2 rings (SSSR count). The average Bonchev–Trinajstić information content (AvgIpc) is 2.61. The van der Waals surface area contributed by atoms with Gasteiger partial charge in [-0.25, -0.2) is 0 Å². The van der Waals surface area contributed by atoms with Gasteiger partial charge in [-0.3, -0.25) is 4.68 Å². The first-order valence-electron chi connectivity index (χ1n) is 6.14. The van der Waals surface area contributed by atoms with Gasteiger partial charge in [0.25, 0.3) is 0 Å². The van der Waals surface area contributed by atoms with Crippen LogP contribution in [0.25, 0.3) is 0 Å². The van der Waals surface area contributed by atoms with Crippen molar-refractivity contribution in [2.75, 3.05) is 5.73 Å². The van der Waals surface area contributed by atoms with Crippen LogP contribution in [-0.4, -0.2) is 9.78 Å². The number of rotatable bonds is 3. The molecule has 3 nitrogen and oxygen atoms in total. The van der Waals surface area contributed by atoms with Crippen molar-refractivity contribution in [3.05, 3.63) is 11.9 Å². The number of nitrogens with two attached hydrogens (primary N) is 1. The normalized spacial score (nSPS) is 18.2. The first kappa shape index (κ1) is 10.5. The summed E-state index contributed by atoms with van der Waals surface area (Å²) in [6, 6.07) is 0. The Bertz CT molecular complexity index is 311. The van der Waals surface area contributed by atoms with E-state index in [4.69, 9.17) is 5.73 Å². The van der Waals surface area contributed by atoms with Crippen LogP contribution in [0.1, 0.15) is 57.1 Å². The maximum atomic E-state index is 6.02. The van der Waals surface area contributed by atoms with Gasteiger partial charge in [-0.05, 0) is 19.3 Å². The van der Waals surface area contributed by atoms with Gasteiger partial charge in [0.15, 0.2) is 0 Å². The molecule has 84 valence electrons. The fraction of sp³-hybridized carbons (Fsp3) is 0.750. The van der Waals surface area contributed by atoms with Crippen LogP contribution < -0.4 is 5.73 Å². The Morgan fingerprint density at radius 1 is 1.40 bits per heavy atom. The minimum atomic E-state index is 0.622. The molecule has 1 aliphatic rings. The van der Waals surface area contributed by atoms with E-state index < -0.39 is 0 Å². The summed E-state index contributed by atoms with van der Waals surface area (Å²) in [7, 11) is 0. The van der Waals surface area contributed by atoms with Gasteiger partial charge in [0.05, 0.1) is 11.4 Å². The summed E-state index contributed by atoms with van der Waals surface area (Å²) >= 11 is 0. The second kappa shape index (κ2) is 4.69. The predicted molar refractivity (Wildman–Crippen MR) is 62.8 cm³/mol. The van der Waals surface area contributed by atoms with E-state index in [1.807, 2.05) is 10.9 Å². The highest BCUT2D eigenvalue weighted by molar-refractivity contribution is 5.42. The van der Waals surface area contributed by atoms with E-state index in [1.54, 1.807) is 0 Å². The molecule has 1 aromatic heterocycles. The average molecular weight is 207 g/mol. The van der Waals surface area contributed by atoms with Crippen LogP contribution in [0.3, 0.4) is 0 Å². The topological polar surface area (TPSA) is 43.8 Å². The Labute approximate surface area is 91.7 Å². The monoisotopic (exact) mass is 207 g/mol. The summed E-state index contributed by atoms with van der Waals surface area (Å²) in [5.74, 6) is 0.622. The molecule has 2 N–H and O–H groups in total. The van der Waals surface area contributed by atoms with Crippen molar-refractivity contribution in [2.45, 2.75) is 57.9 Å². The SMILES string of the molecule is CCCn1cc(N)c(C2CCCCC2)n1. The summed E-state index contributed by atoms with van der Waals surface area (Å²) in [5, 5.41) is 4.61. The first-order chi connectivity index (χ1) is 7.31. The molecule has 0 saturated heterocycles. The van der Waals surface area contributed by atoms with Gasteiger partial charge in [-0.15, -0.1) is 0 Å². The second-order valence-electron chi connectivity index (χ2n) is 4.57.